The van der Waals surface area contributed by atoms with Crippen molar-refractivity contribution in [3.63, 3.8) is 0 Å². The molecule has 0 aliphatic carbocycles. The van der Waals surface area contributed by atoms with E-state index >= 15 is 0 Å². The molecule has 0 fully saturated rings. The van der Waals surface area contributed by atoms with Gasteiger partial charge in [-0.25, -0.2) is 14.6 Å². The molecule has 0 spiro atoms. The van der Waals surface area contributed by atoms with E-state index in [-0.39, 0.29) is 5.82 Å². The summed E-state index contributed by atoms with van der Waals surface area (Å²) in [6.07, 6.45) is 3.12. The van der Waals surface area contributed by atoms with Crippen molar-refractivity contribution in [3.8, 4) is 34.2 Å². The Kier molecular flexibility index (Phi) is 4.94. The predicted octanol–water partition coefficient (Wildman–Crippen LogP) is 3.73. The third-order valence-corrected chi connectivity index (χ3v) is 4.87. The lowest BCUT2D eigenvalue weighted by Crippen LogP contribution is -2.03. The number of pyridine rings is 1. The van der Waals surface area contributed by atoms with Crippen LogP contribution in [0.1, 0.15) is 22.6 Å². The molecule has 1 aromatic carbocycles. The summed E-state index contributed by atoms with van der Waals surface area (Å²) in [5, 5.41) is 13.9. The first-order valence-corrected chi connectivity index (χ1v) is 9.28. The zero-order chi connectivity index (χ0) is 21.3. The Balaban J connectivity index is 1.87. The second kappa shape index (κ2) is 7.72. The number of benzene rings is 1. The van der Waals surface area contributed by atoms with Crippen LogP contribution in [-0.2, 0) is 6.54 Å². The summed E-state index contributed by atoms with van der Waals surface area (Å²) in [6.45, 7) is 4.23. The van der Waals surface area contributed by atoms with E-state index in [2.05, 4.69) is 21.1 Å². The number of nitrogens with two attached hydrogens (primary N) is 1. The molecule has 0 aliphatic rings. The number of furan rings is 1. The molecule has 0 radical (unpaired) electrons. The van der Waals surface area contributed by atoms with Crippen LogP contribution in [-0.4, -0.2) is 26.9 Å². The number of hydrogen-bond acceptors (Lipinski definition) is 7. The van der Waals surface area contributed by atoms with Crippen LogP contribution in [0.4, 0.5) is 5.82 Å². The number of methoxy groups -OCH3 is 1. The van der Waals surface area contributed by atoms with Crippen LogP contribution >= 0.6 is 0 Å². The third kappa shape index (κ3) is 3.49. The smallest absolute Gasteiger partial charge is 0.142 e. The molecule has 3 aromatic heterocycles. The Hall–Kier alpha value is -4.12. The zero-order valence-corrected chi connectivity index (χ0v) is 16.9. The monoisotopic (exact) mass is 400 g/mol. The Morgan fingerprint density at radius 1 is 1.20 bits per heavy atom. The second-order valence-electron chi connectivity index (χ2n) is 6.87. The standard InChI is InChI=1S/C22H20N6O2/c1-13-6-17(14(2)30-13)20-8-18(19(9-23)22(24)27-20)15-4-5-21(29-3)16(7-15)10-28-12-25-11-26-28/h4-8,11-12H,10H2,1-3H3,(H2,24,27). The van der Waals surface area contributed by atoms with E-state index in [1.165, 1.54) is 6.33 Å². The van der Waals surface area contributed by atoms with Gasteiger partial charge in [0.15, 0.2) is 0 Å². The average Bonchev–Trinajstić information content (AvgIpc) is 3.36. The highest BCUT2D eigenvalue weighted by molar-refractivity contribution is 5.81. The number of ether oxygens (including phenoxy) is 1. The maximum Gasteiger partial charge on any atom is 0.142 e. The molecular weight excluding hydrogens is 380 g/mol. The number of aromatic nitrogens is 4. The fourth-order valence-corrected chi connectivity index (χ4v) is 3.49. The minimum Gasteiger partial charge on any atom is -0.496 e. The molecule has 0 bridgehead atoms. The number of nitriles is 1. The van der Waals surface area contributed by atoms with Crippen molar-refractivity contribution in [1.82, 2.24) is 19.7 Å². The Morgan fingerprint density at radius 3 is 2.67 bits per heavy atom. The summed E-state index contributed by atoms with van der Waals surface area (Å²) < 4.78 is 12.8. The van der Waals surface area contributed by atoms with Gasteiger partial charge in [-0.05, 0) is 43.7 Å². The molecule has 8 nitrogen and oxygen atoms in total. The molecule has 0 atom stereocenters. The molecule has 8 heteroatoms. The lowest BCUT2D eigenvalue weighted by atomic mass is 9.96. The van der Waals surface area contributed by atoms with Gasteiger partial charge in [0.05, 0.1) is 19.3 Å². The molecule has 0 amide bonds. The van der Waals surface area contributed by atoms with Crippen LogP contribution in [0.3, 0.4) is 0 Å². The lowest BCUT2D eigenvalue weighted by molar-refractivity contribution is 0.407. The number of rotatable bonds is 5. The van der Waals surface area contributed by atoms with Gasteiger partial charge in [0, 0.05) is 16.7 Å². The molecule has 4 rings (SSSR count). The van der Waals surface area contributed by atoms with Crippen LogP contribution in [0.2, 0.25) is 0 Å². The van der Waals surface area contributed by atoms with E-state index in [9.17, 15) is 5.26 Å². The minimum absolute atomic E-state index is 0.178. The molecule has 0 saturated heterocycles. The highest BCUT2D eigenvalue weighted by Crippen LogP contribution is 2.35. The molecule has 150 valence electrons. The normalized spacial score (nSPS) is 10.7. The van der Waals surface area contributed by atoms with E-state index in [0.29, 0.717) is 23.4 Å². The van der Waals surface area contributed by atoms with Crippen molar-refractivity contribution < 1.29 is 9.15 Å². The summed E-state index contributed by atoms with van der Waals surface area (Å²) in [5.41, 5.74) is 10.4. The maximum atomic E-state index is 9.72. The largest absolute Gasteiger partial charge is 0.496 e. The van der Waals surface area contributed by atoms with Crippen LogP contribution in [0.5, 0.6) is 5.75 Å². The minimum atomic E-state index is 0.178. The van der Waals surface area contributed by atoms with Crippen LogP contribution < -0.4 is 10.5 Å². The maximum absolute atomic E-state index is 9.72. The van der Waals surface area contributed by atoms with E-state index in [0.717, 1.165) is 34.0 Å². The van der Waals surface area contributed by atoms with Crippen molar-refractivity contribution in [2.24, 2.45) is 0 Å². The van der Waals surface area contributed by atoms with E-state index in [4.69, 9.17) is 14.9 Å². The highest BCUT2D eigenvalue weighted by atomic mass is 16.5. The molecule has 4 aromatic rings. The highest BCUT2D eigenvalue weighted by Gasteiger charge is 2.17. The summed E-state index contributed by atoms with van der Waals surface area (Å²) in [7, 11) is 1.62. The van der Waals surface area contributed by atoms with Gasteiger partial charge in [-0.1, -0.05) is 6.07 Å². The SMILES string of the molecule is COc1ccc(-c2cc(-c3cc(C)oc3C)nc(N)c2C#N)cc1Cn1cncn1. The molecule has 2 N–H and O–H groups in total. The van der Waals surface area contributed by atoms with Gasteiger partial charge in [-0.2, -0.15) is 10.4 Å². The summed E-state index contributed by atoms with van der Waals surface area (Å²) in [4.78, 5) is 8.42. The number of aryl methyl sites for hydroxylation is 2. The second-order valence-corrected chi connectivity index (χ2v) is 6.87. The zero-order valence-electron chi connectivity index (χ0n) is 16.9. The number of nitrogen functional groups attached to an aromatic ring is 1. The van der Waals surface area contributed by atoms with E-state index < -0.39 is 0 Å². The van der Waals surface area contributed by atoms with Gasteiger partial charge >= 0.3 is 0 Å². The topological polar surface area (TPSA) is 116 Å². The van der Waals surface area contributed by atoms with Gasteiger partial charge in [-0.3, -0.25) is 0 Å². The third-order valence-electron chi connectivity index (χ3n) is 4.87. The Bertz CT molecular complexity index is 1250. The van der Waals surface area contributed by atoms with Crippen molar-refractivity contribution >= 4 is 5.82 Å². The quantitative estimate of drug-likeness (QED) is 0.542. The van der Waals surface area contributed by atoms with Gasteiger partial charge in [0.25, 0.3) is 0 Å². The molecular formula is C22H20N6O2. The number of hydrogen-bond donors (Lipinski definition) is 1. The van der Waals surface area contributed by atoms with Gasteiger partial charge in [-0.15, -0.1) is 0 Å². The van der Waals surface area contributed by atoms with Crippen molar-refractivity contribution in [3.05, 3.63) is 65.6 Å². The summed E-state index contributed by atoms with van der Waals surface area (Å²) in [6, 6.07) is 11.7. The first-order valence-electron chi connectivity index (χ1n) is 9.28. The van der Waals surface area contributed by atoms with Gasteiger partial charge < -0.3 is 14.9 Å². The molecule has 30 heavy (non-hydrogen) atoms. The fraction of sp³-hybridized carbons (Fsp3) is 0.182. The first kappa shape index (κ1) is 19.2. The first-order chi connectivity index (χ1) is 14.5. The molecule has 3 heterocycles. The number of anilines is 1. The predicted molar refractivity (Wildman–Crippen MR) is 112 cm³/mol. The van der Waals surface area contributed by atoms with Gasteiger partial charge in [0.2, 0.25) is 0 Å². The van der Waals surface area contributed by atoms with Crippen molar-refractivity contribution in [1.29, 1.82) is 5.26 Å². The number of nitrogens with zero attached hydrogens (tertiary/aromatic N) is 5. The van der Waals surface area contributed by atoms with Crippen LogP contribution in [0.15, 0.2) is 47.4 Å². The summed E-state index contributed by atoms with van der Waals surface area (Å²) in [5.74, 6) is 2.43. The molecule has 0 aliphatic heterocycles. The molecule has 0 saturated carbocycles. The Labute approximate surface area is 173 Å². The Morgan fingerprint density at radius 2 is 2.03 bits per heavy atom. The van der Waals surface area contributed by atoms with Crippen LogP contribution in [0.25, 0.3) is 22.4 Å². The van der Waals surface area contributed by atoms with Gasteiger partial charge in [0.1, 0.15) is 47.4 Å². The lowest BCUT2D eigenvalue weighted by Gasteiger charge is -2.13. The van der Waals surface area contributed by atoms with Crippen molar-refractivity contribution in [2.75, 3.05) is 12.8 Å². The van der Waals surface area contributed by atoms with E-state index in [1.807, 2.05) is 44.2 Å². The summed E-state index contributed by atoms with van der Waals surface area (Å²) >= 11 is 0. The molecule has 0 unspecified atom stereocenters. The fourth-order valence-electron chi connectivity index (χ4n) is 3.49. The average molecular weight is 400 g/mol. The van der Waals surface area contributed by atoms with E-state index in [1.54, 1.807) is 18.1 Å². The van der Waals surface area contributed by atoms with Crippen molar-refractivity contribution in [2.45, 2.75) is 20.4 Å². The van der Waals surface area contributed by atoms with Crippen LogP contribution in [0, 0.1) is 25.2 Å².